The minimum atomic E-state index is 0.0728. The van der Waals surface area contributed by atoms with Gasteiger partial charge in [0.05, 0.1) is 20.4 Å². The van der Waals surface area contributed by atoms with Crippen molar-refractivity contribution in [3.05, 3.63) is 82.9 Å². The van der Waals surface area contributed by atoms with Gasteiger partial charge in [0.1, 0.15) is 10.0 Å². The molecule has 0 spiro atoms. The van der Waals surface area contributed by atoms with Gasteiger partial charge in [-0.3, -0.25) is 0 Å². The van der Waals surface area contributed by atoms with E-state index in [0.717, 1.165) is 32.2 Å². The predicted octanol–water partition coefficient (Wildman–Crippen LogP) is 7.98. The summed E-state index contributed by atoms with van der Waals surface area (Å²) >= 11 is 3.47. The maximum absolute atomic E-state index is 4.94. The molecule has 0 saturated heterocycles. The monoisotopic (exact) mass is 428 g/mol. The zero-order chi connectivity index (χ0) is 20.9. The maximum Gasteiger partial charge on any atom is 0.124 e. The second-order valence-electron chi connectivity index (χ2n) is 9.10. The lowest BCUT2D eigenvalue weighted by Gasteiger charge is -2.12. The second-order valence-corrected chi connectivity index (χ2v) is 11.2. The summed E-state index contributed by atoms with van der Waals surface area (Å²) in [5, 5.41) is 2.12. The van der Waals surface area contributed by atoms with Gasteiger partial charge in [0.2, 0.25) is 0 Å². The fourth-order valence-corrected chi connectivity index (χ4v) is 5.48. The Kier molecular flexibility index (Phi) is 4.53. The third-order valence-electron chi connectivity index (χ3n) is 5.38. The summed E-state index contributed by atoms with van der Waals surface area (Å²) in [5.41, 5.74) is 4.57. The molecule has 0 aliphatic heterocycles. The number of fused-ring (bicyclic) bond motifs is 2. The van der Waals surface area contributed by atoms with Gasteiger partial charge in [-0.25, -0.2) is 9.97 Å². The molecule has 0 N–H and O–H groups in total. The summed E-state index contributed by atoms with van der Waals surface area (Å²) in [6.45, 7) is 8.84. The average molecular weight is 429 g/mol. The van der Waals surface area contributed by atoms with Crippen molar-refractivity contribution in [3.8, 4) is 0 Å². The van der Waals surface area contributed by atoms with Gasteiger partial charge in [-0.1, -0.05) is 88.5 Å². The van der Waals surface area contributed by atoms with E-state index in [1.807, 2.05) is 0 Å². The Labute approximate surface area is 185 Å². The summed E-state index contributed by atoms with van der Waals surface area (Å²) in [6, 6.07) is 4.38. The van der Waals surface area contributed by atoms with Crippen LogP contribution in [0.1, 0.15) is 37.7 Å². The Morgan fingerprint density at radius 2 is 1.07 bits per heavy atom. The first-order valence-electron chi connectivity index (χ1n) is 10.2. The first kappa shape index (κ1) is 19.4. The van der Waals surface area contributed by atoms with Gasteiger partial charge in [0.25, 0.3) is 0 Å². The summed E-state index contributed by atoms with van der Waals surface area (Å²) in [5.74, 6) is 0. The molecule has 0 unspecified atom stereocenters. The van der Waals surface area contributed by atoms with E-state index in [1.165, 1.54) is 9.40 Å². The van der Waals surface area contributed by atoms with Gasteiger partial charge in [-0.15, -0.1) is 22.7 Å². The zero-order valence-electron chi connectivity index (χ0n) is 17.6. The van der Waals surface area contributed by atoms with E-state index < -0.39 is 0 Å². The van der Waals surface area contributed by atoms with Crippen molar-refractivity contribution in [2.45, 2.75) is 27.7 Å². The summed E-state index contributed by atoms with van der Waals surface area (Å²) in [4.78, 5) is 9.87. The van der Waals surface area contributed by atoms with E-state index in [2.05, 4.69) is 101 Å². The highest BCUT2D eigenvalue weighted by molar-refractivity contribution is 7.21. The molecule has 150 valence electrons. The van der Waals surface area contributed by atoms with Crippen LogP contribution in [0.25, 0.3) is 31.6 Å². The van der Waals surface area contributed by atoms with Crippen LogP contribution < -0.4 is 0 Å². The number of hydrogen-bond donors (Lipinski definition) is 0. The van der Waals surface area contributed by atoms with Gasteiger partial charge >= 0.3 is 0 Å². The van der Waals surface area contributed by atoms with E-state index in [-0.39, 0.29) is 10.8 Å². The quantitative estimate of drug-likeness (QED) is 0.413. The minimum Gasteiger partial charge on any atom is -0.236 e. The normalized spacial score (nSPS) is 19.7. The highest BCUT2D eigenvalue weighted by Crippen LogP contribution is 2.36. The van der Waals surface area contributed by atoms with E-state index in [1.54, 1.807) is 22.7 Å². The molecule has 0 amide bonds. The number of nitrogens with zero attached hydrogens (tertiary/aromatic N) is 2. The number of allylic oxidation sites excluding steroid dienone is 12. The lowest BCUT2D eigenvalue weighted by Crippen LogP contribution is -2.00. The van der Waals surface area contributed by atoms with E-state index >= 15 is 0 Å². The van der Waals surface area contributed by atoms with Crippen molar-refractivity contribution in [1.29, 1.82) is 0 Å². The minimum absolute atomic E-state index is 0.0728. The van der Waals surface area contributed by atoms with Gasteiger partial charge in [0, 0.05) is 22.0 Å². The standard InChI is InChI=1S/C26H24N2S2/c1-25(2)11-5-7-17(9-13-25)23-27-19-15-22-20(16-21(19)29-23)28-24(30-22)18-8-6-12-26(3,4)14-10-18/h5-16H,1-4H3. The fourth-order valence-electron chi connectivity index (χ4n) is 3.51. The molecular weight excluding hydrogens is 404 g/mol. The Balaban J connectivity index is 1.52. The molecule has 2 aromatic heterocycles. The SMILES string of the molecule is CC1(C)C=CC=C(c2nc3cc4sc(C5=CC=CC(C)(C)C=C5)nc4cc3s2)C=C1. The first-order valence-corrected chi connectivity index (χ1v) is 11.8. The third kappa shape index (κ3) is 3.78. The Morgan fingerprint density at radius 3 is 1.50 bits per heavy atom. The van der Waals surface area contributed by atoms with Gasteiger partial charge < -0.3 is 0 Å². The molecule has 0 saturated carbocycles. The fraction of sp³-hybridized carbons (Fsp3) is 0.231. The average Bonchev–Trinajstić information content (AvgIpc) is 3.16. The molecule has 0 radical (unpaired) electrons. The second kappa shape index (κ2) is 7.00. The van der Waals surface area contributed by atoms with Crippen LogP contribution in [0.5, 0.6) is 0 Å². The highest BCUT2D eigenvalue weighted by Gasteiger charge is 2.16. The molecule has 1 aromatic carbocycles. The molecule has 2 aliphatic carbocycles. The molecule has 2 heterocycles. The van der Waals surface area contributed by atoms with E-state index in [9.17, 15) is 0 Å². The largest absolute Gasteiger partial charge is 0.236 e. The van der Waals surface area contributed by atoms with Gasteiger partial charge in [-0.05, 0) is 12.1 Å². The van der Waals surface area contributed by atoms with Crippen molar-refractivity contribution >= 4 is 54.3 Å². The first-order chi connectivity index (χ1) is 14.3. The molecule has 0 fully saturated rings. The summed E-state index contributed by atoms with van der Waals surface area (Å²) in [7, 11) is 0. The van der Waals surface area contributed by atoms with Crippen molar-refractivity contribution in [3.63, 3.8) is 0 Å². The lowest BCUT2D eigenvalue weighted by atomic mass is 9.93. The van der Waals surface area contributed by atoms with Crippen molar-refractivity contribution in [1.82, 2.24) is 9.97 Å². The van der Waals surface area contributed by atoms with Gasteiger partial charge in [0.15, 0.2) is 0 Å². The predicted molar refractivity (Wildman–Crippen MR) is 133 cm³/mol. The molecule has 2 nitrogen and oxygen atoms in total. The number of thiazole rings is 2. The molecule has 0 bridgehead atoms. The highest BCUT2D eigenvalue weighted by atomic mass is 32.1. The van der Waals surface area contributed by atoms with E-state index in [4.69, 9.17) is 9.97 Å². The van der Waals surface area contributed by atoms with Gasteiger partial charge in [-0.2, -0.15) is 0 Å². The number of aromatic nitrogens is 2. The topological polar surface area (TPSA) is 25.8 Å². The summed E-state index contributed by atoms with van der Waals surface area (Å²) in [6.07, 6.45) is 21.9. The maximum atomic E-state index is 4.94. The van der Waals surface area contributed by atoms with Crippen LogP contribution in [0.2, 0.25) is 0 Å². The van der Waals surface area contributed by atoms with Crippen molar-refractivity contribution in [2.24, 2.45) is 10.8 Å². The van der Waals surface area contributed by atoms with E-state index in [0.29, 0.717) is 0 Å². The van der Waals surface area contributed by atoms with Crippen LogP contribution in [0.15, 0.2) is 72.9 Å². The molecule has 3 aromatic rings. The number of benzene rings is 1. The number of rotatable bonds is 2. The Morgan fingerprint density at radius 1 is 0.633 bits per heavy atom. The van der Waals surface area contributed by atoms with Crippen LogP contribution in [0, 0.1) is 10.8 Å². The molecule has 5 rings (SSSR count). The van der Waals surface area contributed by atoms with Crippen LogP contribution in [0.4, 0.5) is 0 Å². The molecule has 30 heavy (non-hydrogen) atoms. The van der Waals surface area contributed by atoms with Crippen LogP contribution in [0.3, 0.4) is 0 Å². The number of hydrogen-bond acceptors (Lipinski definition) is 4. The Bertz CT molecular complexity index is 1180. The summed E-state index contributed by atoms with van der Waals surface area (Å²) < 4.78 is 2.37. The lowest BCUT2D eigenvalue weighted by molar-refractivity contribution is 0.627. The smallest absolute Gasteiger partial charge is 0.124 e. The van der Waals surface area contributed by atoms with Crippen LogP contribution in [-0.4, -0.2) is 9.97 Å². The van der Waals surface area contributed by atoms with Crippen LogP contribution in [-0.2, 0) is 0 Å². The van der Waals surface area contributed by atoms with Crippen molar-refractivity contribution < 1.29 is 0 Å². The zero-order valence-corrected chi connectivity index (χ0v) is 19.3. The Hall–Kier alpha value is -2.56. The molecule has 2 aliphatic rings. The molecule has 4 heteroatoms. The van der Waals surface area contributed by atoms with Crippen molar-refractivity contribution in [2.75, 3.05) is 0 Å². The van der Waals surface area contributed by atoms with Crippen LogP contribution >= 0.6 is 22.7 Å². The molecular formula is C26H24N2S2. The third-order valence-corrected chi connectivity index (χ3v) is 7.51. The molecule has 0 atom stereocenters.